The Morgan fingerprint density at radius 2 is 2.00 bits per heavy atom. The molecule has 0 unspecified atom stereocenters. The lowest BCUT2D eigenvalue weighted by molar-refractivity contribution is -0.125. The van der Waals surface area contributed by atoms with E-state index in [9.17, 15) is 4.79 Å². The standard InChI is InChI=1S/C11H22N2O/c1-4-13-7-5-10(6-8-13)12-11(14)9(2)3/h9-10H,4-8H2,1-3H3,(H,12,14). The molecule has 1 heterocycles. The van der Waals surface area contributed by atoms with Crippen molar-refractivity contribution < 1.29 is 4.79 Å². The van der Waals surface area contributed by atoms with Crippen molar-refractivity contribution in [1.82, 2.24) is 10.2 Å². The van der Waals surface area contributed by atoms with E-state index in [4.69, 9.17) is 0 Å². The zero-order valence-electron chi connectivity index (χ0n) is 9.55. The summed E-state index contributed by atoms with van der Waals surface area (Å²) in [7, 11) is 0. The van der Waals surface area contributed by atoms with Gasteiger partial charge in [-0.05, 0) is 19.4 Å². The summed E-state index contributed by atoms with van der Waals surface area (Å²) < 4.78 is 0. The molecule has 0 aromatic heterocycles. The maximum absolute atomic E-state index is 11.4. The lowest BCUT2D eigenvalue weighted by Crippen LogP contribution is -2.45. The van der Waals surface area contributed by atoms with Crippen LogP contribution in [0.5, 0.6) is 0 Å². The Kier molecular flexibility index (Phi) is 4.39. The highest BCUT2D eigenvalue weighted by molar-refractivity contribution is 5.78. The molecule has 14 heavy (non-hydrogen) atoms. The van der Waals surface area contributed by atoms with E-state index >= 15 is 0 Å². The molecule has 1 rings (SSSR count). The first-order valence-corrected chi connectivity index (χ1v) is 5.66. The highest BCUT2D eigenvalue weighted by Gasteiger charge is 2.20. The predicted octanol–water partition coefficient (Wildman–Crippen LogP) is 1.24. The summed E-state index contributed by atoms with van der Waals surface area (Å²) in [6, 6.07) is 0.410. The van der Waals surface area contributed by atoms with Gasteiger partial charge in [0, 0.05) is 25.0 Å². The van der Waals surface area contributed by atoms with Crippen LogP contribution in [-0.4, -0.2) is 36.5 Å². The lowest BCUT2D eigenvalue weighted by atomic mass is 10.0. The minimum Gasteiger partial charge on any atom is -0.353 e. The van der Waals surface area contributed by atoms with Crippen LogP contribution in [0.4, 0.5) is 0 Å². The molecule has 1 saturated heterocycles. The van der Waals surface area contributed by atoms with E-state index in [1.807, 2.05) is 13.8 Å². The van der Waals surface area contributed by atoms with Gasteiger partial charge in [-0.25, -0.2) is 0 Å². The molecule has 1 aliphatic rings. The predicted molar refractivity (Wildman–Crippen MR) is 58.1 cm³/mol. The smallest absolute Gasteiger partial charge is 0.222 e. The maximum atomic E-state index is 11.4. The molecule has 3 heteroatoms. The molecule has 1 aliphatic heterocycles. The molecular formula is C11H22N2O. The quantitative estimate of drug-likeness (QED) is 0.740. The molecule has 0 aliphatic carbocycles. The van der Waals surface area contributed by atoms with Crippen molar-refractivity contribution in [3.8, 4) is 0 Å². The maximum Gasteiger partial charge on any atom is 0.222 e. The van der Waals surface area contributed by atoms with Crippen LogP contribution in [0.3, 0.4) is 0 Å². The Labute approximate surface area is 86.9 Å². The van der Waals surface area contributed by atoms with Crippen LogP contribution in [0.15, 0.2) is 0 Å². The summed E-state index contributed by atoms with van der Waals surface area (Å²) in [6.07, 6.45) is 2.21. The van der Waals surface area contributed by atoms with Gasteiger partial charge in [-0.15, -0.1) is 0 Å². The van der Waals surface area contributed by atoms with Crippen molar-refractivity contribution in [1.29, 1.82) is 0 Å². The Morgan fingerprint density at radius 1 is 1.43 bits per heavy atom. The topological polar surface area (TPSA) is 32.3 Å². The zero-order valence-corrected chi connectivity index (χ0v) is 9.55. The average molecular weight is 198 g/mol. The number of hydrogen-bond donors (Lipinski definition) is 1. The first kappa shape index (κ1) is 11.5. The average Bonchev–Trinajstić information content (AvgIpc) is 2.19. The second-order valence-electron chi connectivity index (χ2n) is 4.37. The van der Waals surface area contributed by atoms with Crippen LogP contribution in [-0.2, 0) is 4.79 Å². The second kappa shape index (κ2) is 5.35. The number of rotatable bonds is 3. The van der Waals surface area contributed by atoms with Crippen molar-refractivity contribution >= 4 is 5.91 Å². The molecule has 0 bridgehead atoms. The normalized spacial score (nSPS) is 20.0. The van der Waals surface area contributed by atoms with Crippen LogP contribution >= 0.6 is 0 Å². The van der Waals surface area contributed by atoms with Gasteiger partial charge in [0.1, 0.15) is 0 Å². The number of carbonyl (C=O) groups is 1. The van der Waals surface area contributed by atoms with Gasteiger partial charge in [-0.1, -0.05) is 20.8 Å². The van der Waals surface area contributed by atoms with Crippen molar-refractivity contribution in [3.63, 3.8) is 0 Å². The van der Waals surface area contributed by atoms with E-state index < -0.39 is 0 Å². The number of hydrogen-bond acceptors (Lipinski definition) is 2. The van der Waals surface area contributed by atoms with Gasteiger partial charge in [0.25, 0.3) is 0 Å². The van der Waals surface area contributed by atoms with Crippen LogP contribution in [0.2, 0.25) is 0 Å². The Balaban J connectivity index is 2.25. The molecular weight excluding hydrogens is 176 g/mol. The molecule has 0 saturated carbocycles. The SMILES string of the molecule is CCN1CCC(NC(=O)C(C)C)CC1. The van der Waals surface area contributed by atoms with Crippen molar-refractivity contribution in [2.24, 2.45) is 5.92 Å². The largest absolute Gasteiger partial charge is 0.353 e. The summed E-state index contributed by atoms with van der Waals surface area (Å²) in [6.45, 7) is 9.45. The molecule has 0 radical (unpaired) electrons. The molecule has 1 N–H and O–H groups in total. The second-order valence-corrected chi connectivity index (χ2v) is 4.37. The number of nitrogens with one attached hydrogen (secondary N) is 1. The zero-order chi connectivity index (χ0) is 10.6. The summed E-state index contributed by atoms with van der Waals surface area (Å²) >= 11 is 0. The van der Waals surface area contributed by atoms with Crippen LogP contribution in [0.25, 0.3) is 0 Å². The van der Waals surface area contributed by atoms with Crippen LogP contribution in [0.1, 0.15) is 33.6 Å². The number of amides is 1. The van der Waals surface area contributed by atoms with Gasteiger partial charge >= 0.3 is 0 Å². The molecule has 0 aromatic carbocycles. The Bertz CT molecular complexity index is 184. The van der Waals surface area contributed by atoms with Crippen molar-refractivity contribution in [2.45, 2.75) is 39.7 Å². The third kappa shape index (κ3) is 3.29. The van der Waals surface area contributed by atoms with E-state index in [1.165, 1.54) is 0 Å². The van der Waals surface area contributed by atoms with Crippen LogP contribution < -0.4 is 5.32 Å². The summed E-state index contributed by atoms with van der Waals surface area (Å²) in [4.78, 5) is 13.9. The third-order valence-corrected chi connectivity index (χ3v) is 2.91. The Hall–Kier alpha value is -0.570. The third-order valence-electron chi connectivity index (χ3n) is 2.91. The first-order valence-electron chi connectivity index (χ1n) is 5.66. The van der Waals surface area contributed by atoms with Gasteiger partial charge in [0.05, 0.1) is 0 Å². The van der Waals surface area contributed by atoms with Crippen LogP contribution in [0, 0.1) is 5.92 Å². The van der Waals surface area contributed by atoms with Gasteiger partial charge in [-0.3, -0.25) is 4.79 Å². The summed E-state index contributed by atoms with van der Waals surface area (Å²) in [5.74, 6) is 0.305. The van der Waals surface area contributed by atoms with Crippen molar-refractivity contribution in [3.05, 3.63) is 0 Å². The summed E-state index contributed by atoms with van der Waals surface area (Å²) in [5.41, 5.74) is 0. The fraction of sp³-hybridized carbons (Fsp3) is 0.909. The Morgan fingerprint density at radius 3 is 2.43 bits per heavy atom. The number of carbonyl (C=O) groups excluding carboxylic acids is 1. The number of nitrogens with zero attached hydrogens (tertiary/aromatic N) is 1. The van der Waals surface area contributed by atoms with Gasteiger partial charge < -0.3 is 10.2 Å². The fourth-order valence-corrected chi connectivity index (χ4v) is 1.76. The fourth-order valence-electron chi connectivity index (χ4n) is 1.76. The highest BCUT2D eigenvalue weighted by atomic mass is 16.1. The van der Waals surface area contributed by atoms with E-state index in [2.05, 4.69) is 17.1 Å². The van der Waals surface area contributed by atoms with Gasteiger partial charge in [0.15, 0.2) is 0 Å². The van der Waals surface area contributed by atoms with E-state index in [0.29, 0.717) is 6.04 Å². The minimum absolute atomic E-state index is 0.110. The highest BCUT2D eigenvalue weighted by Crippen LogP contribution is 2.10. The first-order chi connectivity index (χ1) is 6.63. The van der Waals surface area contributed by atoms with E-state index in [0.717, 1.165) is 32.5 Å². The van der Waals surface area contributed by atoms with E-state index in [1.54, 1.807) is 0 Å². The van der Waals surface area contributed by atoms with Gasteiger partial charge in [-0.2, -0.15) is 0 Å². The molecule has 0 spiro atoms. The van der Waals surface area contributed by atoms with Gasteiger partial charge in [0.2, 0.25) is 5.91 Å². The molecule has 1 fully saturated rings. The minimum atomic E-state index is 0.110. The van der Waals surface area contributed by atoms with Crippen molar-refractivity contribution in [2.75, 3.05) is 19.6 Å². The number of likely N-dealkylation sites (tertiary alicyclic amines) is 1. The molecule has 0 atom stereocenters. The number of piperidine rings is 1. The molecule has 1 amide bonds. The molecule has 3 nitrogen and oxygen atoms in total. The molecule has 82 valence electrons. The summed E-state index contributed by atoms with van der Waals surface area (Å²) in [5, 5.41) is 3.10. The molecule has 0 aromatic rings. The lowest BCUT2D eigenvalue weighted by Gasteiger charge is -2.31. The monoisotopic (exact) mass is 198 g/mol. The van der Waals surface area contributed by atoms with E-state index in [-0.39, 0.29) is 11.8 Å².